The van der Waals surface area contributed by atoms with E-state index in [1.807, 2.05) is 31.2 Å². The zero-order chi connectivity index (χ0) is 17.5. The second-order valence-corrected chi connectivity index (χ2v) is 7.38. The molecule has 0 saturated heterocycles. The van der Waals surface area contributed by atoms with Gasteiger partial charge in [-0.15, -0.1) is 11.3 Å². The lowest BCUT2D eigenvalue weighted by Crippen LogP contribution is -2.40. The predicted molar refractivity (Wildman–Crippen MR) is 101 cm³/mol. The summed E-state index contributed by atoms with van der Waals surface area (Å²) in [5.41, 5.74) is 0.114. The van der Waals surface area contributed by atoms with Gasteiger partial charge in [-0.2, -0.15) is 0 Å². The van der Waals surface area contributed by atoms with Crippen LogP contribution in [0.2, 0.25) is 0 Å². The van der Waals surface area contributed by atoms with Gasteiger partial charge in [-0.1, -0.05) is 18.9 Å². The average molecular weight is 359 g/mol. The molecule has 5 heteroatoms. The third kappa shape index (κ3) is 4.54. The molecular formula is C20H25NO3S. The normalized spacial score (nSPS) is 15.7. The molecule has 25 heavy (non-hydrogen) atoms. The number of thiophene rings is 1. The van der Waals surface area contributed by atoms with Crippen molar-refractivity contribution in [3.8, 4) is 11.5 Å². The van der Waals surface area contributed by atoms with Crippen molar-refractivity contribution in [1.82, 2.24) is 5.32 Å². The van der Waals surface area contributed by atoms with Gasteiger partial charge in [0.1, 0.15) is 11.5 Å². The molecule has 0 atom stereocenters. The van der Waals surface area contributed by atoms with E-state index in [9.17, 15) is 4.79 Å². The first-order valence-electron chi connectivity index (χ1n) is 8.88. The van der Waals surface area contributed by atoms with Crippen LogP contribution in [0.15, 0.2) is 41.8 Å². The Labute approximate surface area is 153 Å². The van der Waals surface area contributed by atoms with Gasteiger partial charge in [0, 0.05) is 16.8 Å². The van der Waals surface area contributed by atoms with Crippen LogP contribution in [-0.4, -0.2) is 25.7 Å². The first-order valence-corrected chi connectivity index (χ1v) is 9.76. The van der Waals surface area contributed by atoms with Gasteiger partial charge in [-0.3, -0.25) is 4.79 Å². The molecule has 1 aromatic heterocycles. The van der Waals surface area contributed by atoms with Gasteiger partial charge < -0.3 is 14.8 Å². The molecule has 3 rings (SSSR count). The Hall–Kier alpha value is -2.01. The molecule has 0 spiro atoms. The van der Waals surface area contributed by atoms with Crippen molar-refractivity contribution in [2.75, 3.05) is 19.8 Å². The van der Waals surface area contributed by atoms with E-state index in [0.717, 1.165) is 18.6 Å². The highest BCUT2D eigenvalue weighted by Crippen LogP contribution is 2.42. The third-order valence-electron chi connectivity index (χ3n) is 4.73. The van der Waals surface area contributed by atoms with Crippen LogP contribution in [0.3, 0.4) is 0 Å². The molecule has 1 aromatic carbocycles. The van der Waals surface area contributed by atoms with E-state index in [2.05, 4.69) is 22.8 Å². The van der Waals surface area contributed by atoms with Gasteiger partial charge in [0.15, 0.2) is 6.61 Å². The molecule has 1 aliphatic rings. The van der Waals surface area contributed by atoms with Crippen LogP contribution in [0, 0.1) is 0 Å². The summed E-state index contributed by atoms with van der Waals surface area (Å²) < 4.78 is 11.0. The number of ether oxygens (including phenoxy) is 2. The number of hydrogen-bond acceptors (Lipinski definition) is 4. The standard InChI is InChI=1S/C20H25NO3S/c1-2-23-16-7-9-17(10-8-16)24-14-19(22)21-15-20(11-3-4-12-20)18-6-5-13-25-18/h5-10,13H,2-4,11-12,14-15H2,1H3,(H,21,22). The molecule has 1 aliphatic carbocycles. The molecule has 134 valence electrons. The summed E-state index contributed by atoms with van der Waals surface area (Å²) in [5, 5.41) is 5.19. The SMILES string of the molecule is CCOc1ccc(OCC(=O)NCC2(c3cccs3)CCCC2)cc1. The van der Waals surface area contributed by atoms with Crippen molar-refractivity contribution in [3.63, 3.8) is 0 Å². The molecule has 4 nitrogen and oxygen atoms in total. The van der Waals surface area contributed by atoms with Crippen LogP contribution in [0.4, 0.5) is 0 Å². The number of rotatable bonds is 8. The largest absolute Gasteiger partial charge is 0.494 e. The summed E-state index contributed by atoms with van der Waals surface area (Å²) in [4.78, 5) is 13.6. The molecule has 1 heterocycles. The van der Waals surface area contributed by atoms with Crippen molar-refractivity contribution in [2.24, 2.45) is 0 Å². The van der Waals surface area contributed by atoms with E-state index in [1.165, 1.54) is 17.7 Å². The molecule has 2 aromatic rings. The van der Waals surface area contributed by atoms with Crippen molar-refractivity contribution in [3.05, 3.63) is 46.7 Å². The molecule has 0 radical (unpaired) electrons. The number of carbonyl (C=O) groups is 1. The molecule has 1 saturated carbocycles. The van der Waals surface area contributed by atoms with Crippen LogP contribution in [0.1, 0.15) is 37.5 Å². The van der Waals surface area contributed by atoms with Crippen molar-refractivity contribution in [1.29, 1.82) is 0 Å². The summed E-state index contributed by atoms with van der Waals surface area (Å²) in [6.07, 6.45) is 4.76. The van der Waals surface area contributed by atoms with E-state index in [-0.39, 0.29) is 17.9 Å². The Morgan fingerprint density at radius 1 is 1.12 bits per heavy atom. The second-order valence-electron chi connectivity index (χ2n) is 6.43. The zero-order valence-electron chi connectivity index (χ0n) is 14.6. The van der Waals surface area contributed by atoms with Crippen LogP contribution >= 0.6 is 11.3 Å². The third-order valence-corrected chi connectivity index (χ3v) is 5.85. The quantitative estimate of drug-likeness (QED) is 0.770. The lowest BCUT2D eigenvalue weighted by molar-refractivity contribution is -0.123. The van der Waals surface area contributed by atoms with Crippen LogP contribution in [-0.2, 0) is 10.2 Å². The molecule has 1 fully saturated rings. The monoisotopic (exact) mass is 359 g/mol. The van der Waals surface area contributed by atoms with Gasteiger partial charge in [0.25, 0.3) is 5.91 Å². The van der Waals surface area contributed by atoms with Gasteiger partial charge in [-0.05, 0) is 55.5 Å². The number of nitrogens with one attached hydrogen (secondary N) is 1. The van der Waals surface area contributed by atoms with E-state index in [1.54, 1.807) is 11.3 Å². The average Bonchev–Trinajstić information content (AvgIpc) is 3.32. The summed E-state index contributed by atoms with van der Waals surface area (Å²) in [5.74, 6) is 1.41. The summed E-state index contributed by atoms with van der Waals surface area (Å²) >= 11 is 1.79. The molecule has 0 aliphatic heterocycles. The zero-order valence-corrected chi connectivity index (χ0v) is 15.4. The maximum absolute atomic E-state index is 12.2. The Bertz CT molecular complexity index is 661. The fourth-order valence-electron chi connectivity index (χ4n) is 3.41. The molecule has 0 unspecified atom stereocenters. The van der Waals surface area contributed by atoms with Crippen LogP contribution in [0.5, 0.6) is 11.5 Å². The van der Waals surface area contributed by atoms with Crippen LogP contribution in [0.25, 0.3) is 0 Å². The second kappa shape index (κ2) is 8.39. The Morgan fingerprint density at radius 3 is 2.40 bits per heavy atom. The van der Waals surface area contributed by atoms with E-state index in [4.69, 9.17) is 9.47 Å². The van der Waals surface area contributed by atoms with Gasteiger partial charge in [-0.25, -0.2) is 0 Å². The highest BCUT2D eigenvalue weighted by Gasteiger charge is 2.36. The van der Waals surface area contributed by atoms with Crippen LogP contribution < -0.4 is 14.8 Å². The first-order chi connectivity index (χ1) is 12.2. The fraction of sp³-hybridized carbons (Fsp3) is 0.450. The van der Waals surface area contributed by atoms with E-state index < -0.39 is 0 Å². The lowest BCUT2D eigenvalue weighted by Gasteiger charge is -2.28. The number of benzene rings is 1. The van der Waals surface area contributed by atoms with Crippen molar-refractivity contribution >= 4 is 17.2 Å². The van der Waals surface area contributed by atoms with Gasteiger partial charge in [0.2, 0.25) is 0 Å². The van der Waals surface area contributed by atoms with Crippen molar-refractivity contribution in [2.45, 2.75) is 38.0 Å². The molecule has 0 bridgehead atoms. The summed E-state index contributed by atoms with van der Waals surface area (Å²) in [7, 11) is 0. The first kappa shape index (κ1) is 17.8. The molecule has 1 amide bonds. The Kier molecular flexibility index (Phi) is 5.97. The minimum atomic E-state index is -0.0725. The molecular weight excluding hydrogens is 334 g/mol. The number of hydrogen-bond donors (Lipinski definition) is 1. The van der Waals surface area contributed by atoms with Crippen molar-refractivity contribution < 1.29 is 14.3 Å². The van der Waals surface area contributed by atoms with E-state index >= 15 is 0 Å². The highest BCUT2D eigenvalue weighted by molar-refractivity contribution is 7.10. The predicted octanol–water partition coefficient (Wildman–Crippen LogP) is 4.15. The van der Waals surface area contributed by atoms with Gasteiger partial charge in [0.05, 0.1) is 6.61 Å². The maximum Gasteiger partial charge on any atom is 0.257 e. The Balaban J connectivity index is 1.49. The highest BCUT2D eigenvalue weighted by atomic mass is 32.1. The number of carbonyl (C=O) groups excluding carboxylic acids is 1. The Morgan fingerprint density at radius 2 is 1.80 bits per heavy atom. The smallest absolute Gasteiger partial charge is 0.257 e. The summed E-state index contributed by atoms with van der Waals surface area (Å²) in [6.45, 7) is 3.31. The summed E-state index contributed by atoms with van der Waals surface area (Å²) in [6, 6.07) is 11.6. The minimum absolute atomic E-state index is 0.0362. The maximum atomic E-state index is 12.2. The van der Waals surface area contributed by atoms with Gasteiger partial charge >= 0.3 is 0 Å². The fourth-order valence-corrected chi connectivity index (χ4v) is 4.40. The topological polar surface area (TPSA) is 47.6 Å². The minimum Gasteiger partial charge on any atom is -0.494 e. The lowest BCUT2D eigenvalue weighted by atomic mass is 9.84. The molecule has 1 N–H and O–H groups in total. The number of amides is 1. The van der Waals surface area contributed by atoms with E-state index in [0.29, 0.717) is 18.9 Å².